The van der Waals surface area contributed by atoms with Gasteiger partial charge in [-0.25, -0.2) is 8.42 Å². The Morgan fingerprint density at radius 2 is 2.00 bits per heavy atom. The Labute approximate surface area is 170 Å². The van der Waals surface area contributed by atoms with E-state index < -0.39 is 16.2 Å². The number of methoxy groups -OCH3 is 1. The van der Waals surface area contributed by atoms with Crippen molar-refractivity contribution in [3.8, 4) is 5.75 Å². The molecule has 10 heteroatoms. The molecular formula is C19H25N5O4S. The highest BCUT2D eigenvalue weighted by molar-refractivity contribution is 7.89. The van der Waals surface area contributed by atoms with Gasteiger partial charge in [-0.1, -0.05) is 0 Å². The van der Waals surface area contributed by atoms with Gasteiger partial charge in [0.25, 0.3) is 5.91 Å². The maximum Gasteiger partial charge on any atom is 0.257 e. The van der Waals surface area contributed by atoms with Crippen molar-refractivity contribution in [3.63, 3.8) is 0 Å². The van der Waals surface area contributed by atoms with Crippen LogP contribution in [0.1, 0.15) is 28.9 Å². The number of hydrogen-bond acceptors (Lipinski definition) is 6. The first kappa shape index (κ1) is 19.7. The molecule has 156 valence electrons. The van der Waals surface area contributed by atoms with Gasteiger partial charge < -0.3 is 15.0 Å². The lowest BCUT2D eigenvalue weighted by atomic mass is 9.93. The largest absolute Gasteiger partial charge is 0.497 e. The number of rotatable bonds is 3. The summed E-state index contributed by atoms with van der Waals surface area (Å²) >= 11 is 0. The number of benzene rings is 1. The molecule has 1 amide bonds. The van der Waals surface area contributed by atoms with E-state index >= 15 is 0 Å². The summed E-state index contributed by atoms with van der Waals surface area (Å²) in [6, 6.07) is 4.87. The van der Waals surface area contributed by atoms with Crippen molar-refractivity contribution in [1.29, 1.82) is 0 Å². The lowest BCUT2D eigenvalue weighted by Crippen LogP contribution is -2.52. The van der Waals surface area contributed by atoms with E-state index in [4.69, 9.17) is 4.74 Å². The molecule has 4 rings (SSSR count). The van der Waals surface area contributed by atoms with E-state index in [1.54, 1.807) is 30.1 Å². The van der Waals surface area contributed by atoms with Crippen LogP contribution in [0.25, 0.3) is 0 Å². The smallest absolute Gasteiger partial charge is 0.257 e. The zero-order valence-electron chi connectivity index (χ0n) is 16.7. The van der Waals surface area contributed by atoms with Crippen molar-refractivity contribution in [2.75, 3.05) is 25.5 Å². The molecule has 1 saturated heterocycles. The molecule has 1 atom stereocenters. The van der Waals surface area contributed by atoms with Crippen LogP contribution in [0.4, 0.5) is 5.69 Å². The van der Waals surface area contributed by atoms with Crippen molar-refractivity contribution in [2.24, 2.45) is 13.0 Å². The summed E-state index contributed by atoms with van der Waals surface area (Å²) in [7, 11) is -0.242. The molecule has 0 bridgehead atoms. The van der Waals surface area contributed by atoms with Gasteiger partial charge in [0.15, 0.2) is 0 Å². The van der Waals surface area contributed by atoms with Crippen LogP contribution in [-0.2, 0) is 17.1 Å². The first-order valence-electron chi connectivity index (χ1n) is 9.55. The van der Waals surface area contributed by atoms with Crippen molar-refractivity contribution in [3.05, 3.63) is 35.7 Å². The number of amides is 1. The number of sulfonamides is 1. The van der Waals surface area contributed by atoms with Crippen LogP contribution in [0.3, 0.4) is 0 Å². The van der Waals surface area contributed by atoms with Crippen molar-refractivity contribution >= 4 is 21.6 Å². The predicted octanol–water partition coefficient (Wildman–Crippen LogP) is 1.32. The molecule has 29 heavy (non-hydrogen) atoms. The van der Waals surface area contributed by atoms with E-state index in [9.17, 15) is 13.2 Å². The second kappa shape index (κ2) is 7.34. The fourth-order valence-electron chi connectivity index (χ4n) is 3.94. The molecule has 1 aromatic carbocycles. The number of aromatic nitrogens is 2. The number of fused-ring (bicyclic) bond motifs is 1. The predicted molar refractivity (Wildman–Crippen MR) is 107 cm³/mol. The molecular weight excluding hydrogens is 394 g/mol. The molecule has 1 unspecified atom stereocenters. The number of likely N-dealkylation sites (tertiary alicyclic amines) is 1. The molecule has 2 aromatic rings. The standard InChI is InChI=1S/C19H25N5O4S/c1-12-15(11-20-23(12)2)19(25)24-8-6-13(7-9-24)18-21-16-10-14(28-3)4-5-17(16)29(26,27)22-18/h4-5,10-11,13,18,21-22H,6-9H2,1-3H3. The Bertz CT molecular complexity index is 1040. The minimum absolute atomic E-state index is 0.0266. The Hall–Kier alpha value is -2.59. The topological polar surface area (TPSA) is 106 Å². The summed E-state index contributed by atoms with van der Waals surface area (Å²) in [6.07, 6.45) is 2.58. The Balaban J connectivity index is 1.46. The molecule has 3 heterocycles. The number of piperidine rings is 1. The average molecular weight is 420 g/mol. The van der Waals surface area contributed by atoms with Crippen LogP contribution in [0.15, 0.2) is 29.3 Å². The van der Waals surface area contributed by atoms with Gasteiger partial charge in [-0.05, 0) is 37.8 Å². The van der Waals surface area contributed by atoms with E-state index in [-0.39, 0.29) is 16.7 Å². The highest BCUT2D eigenvalue weighted by Gasteiger charge is 2.36. The Kier molecular flexibility index (Phi) is 4.99. The second-order valence-electron chi connectivity index (χ2n) is 7.50. The van der Waals surface area contributed by atoms with Crippen LogP contribution in [0, 0.1) is 12.8 Å². The molecule has 2 aliphatic rings. The monoisotopic (exact) mass is 419 g/mol. The first-order chi connectivity index (χ1) is 13.8. The van der Waals surface area contributed by atoms with Gasteiger partial charge in [0.05, 0.1) is 30.7 Å². The van der Waals surface area contributed by atoms with Crippen LogP contribution in [-0.4, -0.2) is 55.4 Å². The number of nitrogens with one attached hydrogen (secondary N) is 2. The molecule has 1 aromatic heterocycles. The molecule has 0 aliphatic carbocycles. The number of hydrogen-bond donors (Lipinski definition) is 2. The summed E-state index contributed by atoms with van der Waals surface area (Å²) in [5.41, 5.74) is 1.99. The average Bonchev–Trinajstić information content (AvgIpc) is 3.05. The first-order valence-corrected chi connectivity index (χ1v) is 11.0. The Morgan fingerprint density at radius 3 is 2.62 bits per heavy atom. The van der Waals surface area contributed by atoms with Gasteiger partial charge in [0.1, 0.15) is 10.6 Å². The van der Waals surface area contributed by atoms with Crippen LogP contribution in [0.5, 0.6) is 5.75 Å². The SMILES string of the molecule is COc1ccc2c(c1)NC(C1CCN(C(=O)c3cnn(C)c3C)CC1)NS2(=O)=O. The third-order valence-electron chi connectivity index (χ3n) is 5.83. The summed E-state index contributed by atoms with van der Waals surface area (Å²) in [4.78, 5) is 14.8. The lowest BCUT2D eigenvalue weighted by molar-refractivity contribution is 0.0678. The number of aryl methyl sites for hydroxylation is 1. The van der Waals surface area contributed by atoms with E-state index in [0.717, 1.165) is 5.69 Å². The van der Waals surface area contributed by atoms with Crippen molar-refractivity contribution in [2.45, 2.75) is 30.8 Å². The van der Waals surface area contributed by atoms with Crippen LogP contribution >= 0.6 is 0 Å². The number of carbonyl (C=O) groups excluding carboxylic acids is 1. The fraction of sp³-hybridized carbons (Fsp3) is 0.474. The summed E-state index contributed by atoms with van der Waals surface area (Å²) in [5.74, 6) is 0.642. The maximum atomic E-state index is 12.8. The highest BCUT2D eigenvalue weighted by Crippen LogP contribution is 2.33. The second-order valence-corrected chi connectivity index (χ2v) is 9.18. The quantitative estimate of drug-likeness (QED) is 0.777. The van der Waals surface area contributed by atoms with Gasteiger partial charge in [0.2, 0.25) is 10.0 Å². The molecule has 0 radical (unpaired) electrons. The normalized spacial score (nSPS) is 21.3. The van der Waals surface area contributed by atoms with E-state index in [0.29, 0.717) is 42.9 Å². The van der Waals surface area contributed by atoms with Crippen molar-refractivity contribution in [1.82, 2.24) is 19.4 Å². The minimum atomic E-state index is -3.60. The van der Waals surface area contributed by atoms with E-state index in [1.807, 2.05) is 18.9 Å². The fourth-order valence-corrected chi connectivity index (χ4v) is 5.31. The van der Waals surface area contributed by atoms with Crippen molar-refractivity contribution < 1.29 is 17.9 Å². The Morgan fingerprint density at radius 1 is 1.28 bits per heavy atom. The van der Waals surface area contributed by atoms with Crippen LogP contribution < -0.4 is 14.8 Å². The summed E-state index contributed by atoms with van der Waals surface area (Å²) in [5, 5.41) is 7.44. The number of carbonyl (C=O) groups is 1. The van der Waals surface area contributed by atoms with E-state index in [1.165, 1.54) is 6.07 Å². The van der Waals surface area contributed by atoms with E-state index in [2.05, 4.69) is 15.1 Å². The minimum Gasteiger partial charge on any atom is -0.497 e. The summed E-state index contributed by atoms with van der Waals surface area (Å²) < 4.78 is 35.0. The lowest BCUT2D eigenvalue weighted by Gasteiger charge is -2.39. The zero-order valence-corrected chi connectivity index (χ0v) is 17.5. The number of anilines is 1. The van der Waals surface area contributed by atoms with Gasteiger partial charge in [-0.2, -0.15) is 9.82 Å². The summed E-state index contributed by atoms with van der Waals surface area (Å²) in [6.45, 7) is 3.02. The van der Waals surface area contributed by atoms with Gasteiger partial charge >= 0.3 is 0 Å². The molecule has 0 spiro atoms. The maximum absolute atomic E-state index is 12.8. The molecule has 2 N–H and O–H groups in total. The third kappa shape index (κ3) is 3.58. The molecule has 1 fully saturated rings. The zero-order chi connectivity index (χ0) is 20.8. The highest BCUT2D eigenvalue weighted by atomic mass is 32.2. The van der Waals surface area contributed by atoms with Crippen LogP contribution in [0.2, 0.25) is 0 Å². The third-order valence-corrected chi connectivity index (χ3v) is 7.33. The number of ether oxygens (including phenoxy) is 1. The molecule has 9 nitrogen and oxygen atoms in total. The molecule has 0 saturated carbocycles. The van der Waals surface area contributed by atoms with Gasteiger partial charge in [-0.15, -0.1) is 0 Å². The molecule has 2 aliphatic heterocycles. The number of nitrogens with zero attached hydrogens (tertiary/aromatic N) is 3. The van der Waals surface area contributed by atoms with Gasteiger partial charge in [-0.3, -0.25) is 9.48 Å². The van der Waals surface area contributed by atoms with Gasteiger partial charge in [0, 0.05) is 31.9 Å².